The molecule has 1 aromatic carbocycles. The van der Waals surface area contributed by atoms with Crippen LogP contribution in [0.1, 0.15) is 31.7 Å². The van der Waals surface area contributed by atoms with Gasteiger partial charge in [0.1, 0.15) is 0 Å². The van der Waals surface area contributed by atoms with Crippen molar-refractivity contribution in [2.75, 3.05) is 57.4 Å². The predicted molar refractivity (Wildman–Crippen MR) is 115 cm³/mol. The lowest BCUT2D eigenvalue weighted by molar-refractivity contribution is 0.0428. The van der Waals surface area contributed by atoms with E-state index in [4.69, 9.17) is 4.74 Å². The summed E-state index contributed by atoms with van der Waals surface area (Å²) in [5, 5.41) is 0.689. The Morgan fingerprint density at radius 2 is 1.67 bits per heavy atom. The van der Waals surface area contributed by atoms with Crippen LogP contribution in [0.4, 0.5) is 10.5 Å². The predicted octanol–water partition coefficient (Wildman–Crippen LogP) is 2.09. The summed E-state index contributed by atoms with van der Waals surface area (Å²) in [4.78, 5) is 36.3. The molecule has 8 heteroatoms. The minimum absolute atomic E-state index is 0.0689. The Bertz CT molecular complexity index is 970. The fourth-order valence-corrected chi connectivity index (χ4v) is 4.87. The van der Waals surface area contributed by atoms with Gasteiger partial charge >= 0.3 is 6.03 Å². The monoisotopic (exact) mass is 411 g/mol. The SMILES string of the molecule is O=C(N1CCOCC1)N1CCN(c2ccc3c(=O)n(C4CCCC4)cnc3c2)CC1. The Labute approximate surface area is 176 Å². The lowest BCUT2D eigenvalue weighted by Crippen LogP contribution is -2.54. The van der Waals surface area contributed by atoms with Crippen LogP contribution >= 0.6 is 0 Å². The summed E-state index contributed by atoms with van der Waals surface area (Å²) in [5.74, 6) is 0. The molecule has 2 aromatic rings. The molecule has 0 N–H and O–H groups in total. The summed E-state index contributed by atoms with van der Waals surface area (Å²) < 4.78 is 7.17. The van der Waals surface area contributed by atoms with Gasteiger partial charge in [-0.15, -0.1) is 0 Å². The summed E-state index contributed by atoms with van der Waals surface area (Å²) in [6, 6.07) is 6.35. The molecule has 8 nitrogen and oxygen atoms in total. The molecule has 3 fully saturated rings. The lowest BCUT2D eigenvalue weighted by atomic mass is 10.1. The molecule has 3 heterocycles. The number of morpholine rings is 1. The topological polar surface area (TPSA) is 70.9 Å². The number of benzene rings is 1. The molecule has 0 radical (unpaired) electrons. The number of aromatic nitrogens is 2. The summed E-state index contributed by atoms with van der Waals surface area (Å²) in [7, 11) is 0. The van der Waals surface area contributed by atoms with Crippen LogP contribution in [0, 0.1) is 0 Å². The van der Waals surface area contributed by atoms with Gasteiger partial charge in [-0.25, -0.2) is 9.78 Å². The first kappa shape index (κ1) is 19.4. The van der Waals surface area contributed by atoms with Gasteiger partial charge in [0.05, 0.1) is 30.4 Å². The molecule has 1 saturated carbocycles. The summed E-state index contributed by atoms with van der Waals surface area (Å²) in [5.41, 5.74) is 1.88. The second-order valence-corrected chi connectivity index (χ2v) is 8.45. The van der Waals surface area contributed by atoms with Gasteiger partial charge in [0, 0.05) is 51.0 Å². The average Bonchev–Trinajstić information content (AvgIpc) is 3.34. The highest BCUT2D eigenvalue weighted by molar-refractivity contribution is 5.81. The van der Waals surface area contributed by atoms with Crippen LogP contribution in [0.3, 0.4) is 0 Å². The summed E-state index contributed by atoms with van der Waals surface area (Å²) in [6.45, 7) is 5.55. The van der Waals surface area contributed by atoms with Crippen molar-refractivity contribution in [2.45, 2.75) is 31.7 Å². The molecule has 160 valence electrons. The summed E-state index contributed by atoms with van der Waals surface area (Å²) in [6.07, 6.45) is 6.24. The zero-order valence-electron chi connectivity index (χ0n) is 17.3. The normalized spacial score (nSPS) is 20.9. The largest absolute Gasteiger partial charge is 0.378 e. The maximum Gasteiger partial charge on any atom is 0.320 e. The van der Waals surface area contributed by atoms with Crippen molar-refractivity contribution in [1.82, 2.24) is 19.4 Å². The van der Waals surface area contributed by atoms with Gasteiger partial charge in [0.25, 0.3) is 5.56 Å². The van der Waals surface area contributed by atoms with Crippen molar-refractivity contribution in [3.8, 4) is 0 Å². The first-order valence-electron chi connectivity index (χ1n) is 11.1. The van der Waals surface area contributed by atoms with Crippen LogP contribution in [0.25, 0.3) is 10.9 Å². The quantitative estimate of drug-likeness (QED) is 0.757. The lowest BCUT2D eigenvalue weighted by Gasteiger charge is -2.39. The van der Waals surface area contributed by atoms with Crippen molar-refractivity contribution < 1.29 is 9.53 Å². The number of amides is 2. The van der Waals surface area contributed by atoms with E-state index in [2.05, 4.69) is 9.88 Å². The molecule has 3 aliphatic rings. The molecule has 0 atom stereocenters. The molecule has 2 amide bonds. The zero-order valence-corrected chi connectivity index (χ0v) is 17.3. The van der Waals surface area contributed by atoms with Crippen LogP contribution in [0.5, 0.6) is 0 Å². The Hall–Kier alpha value is -2.61. The van der Waals surface area contributed by atoms with Crippen molar-refractivity contribution in [2.24, 2.45) is 0 Å². The van der Waals surface area contributed by atoms with Gasteiger partial charge in [-0.05, 0) is 31.0 Å². The Morgan fingerprint density at radius 3 is 2.40 bits per heavy atom. The average molecular weight is 412 g/mol. The standard InChI is InChI=1S/C22H29N5O3/c28-21-19-6-5-18(15-20(19)23-16-27(21)17-3-1-2-4-17)24-7-9-25(10-8-24)22(29)26-11-13-30-14-12-26/h5-6,15-17H,1-4,7-14H2. The van der Waals surface area contributed by atoms with Gasteiger partial charge in [0.15, 0.2) is 0 Å². The fourth-order valence-electron chi connectivity index (χ4n) is 4.87. The molecular weight excluding hydrogens is 382 g/mol. The fraction of sp³-hybridized carbons (Fsp3) is 0.591. The van der Waals surface area contributed by atoms with E-state index < -0.39 is 0 Å². The van der Waals surface area contributed by atoms with Crippen molar-refractivity contribution in [3.63, 3.8) is 0 Å². The number of carbonyl (C=O) groups excluding carboxylic acids is 1. The van der Waals surface area contributed by atoms with E-state index in [0.717, 1.165) is 37.1 Å². The van der Waals surface area contributed by atoms with Crippen LogP contribution in [-0.2, 0) is 4.74 Å². The molecule has 0 bridgehead atoms. The van der Waals surface area contributed by atoms with Gasteiger partial charge in [-0.1, -0.05) is 12.8 Å². The maximum atomic E-state index is 12.9. The number of fused-ring (bicyclic) bond motifs is 1. The summed E-state index contributed by atoms with van der Waals surface area (Å²) >= 11 is 0. The van der Waals surface area contributed by atoms with Crippen molar-refractivity contribution in [1.29, 1.82) is 0 Å². The third kappa shape index (κ3) is 3.64. The van der Waals surface area contributed by atoms with Gasteiger partial charge in [-0.3, -0.25) is 9.36 Å². The Kier molecular flexibility index (Phi) is 5.33. The highest BCUT2D eigenvalue weighted by Crippen LogP contribution is 2.28. The number of ether oxygens (including phenoxy) is 1. The van der Waals surface area contributed by atoms with Gasteiger partial charge in [0.2, 0.25) is 0 Å². The molecular formula is C22H29N5O3. The number of carbonyl (C=O) groups is 1. The molecule has 30 heavy (non-hydrogen) atoms. The van der Waals surface area contributed by atoms with Crippen molar-refractivity contribution in [3.05, 3.63) is 34.9 Å². The Morgan fingerprint density at radius 1 is 0.967 bits per heavy atom. The minimum atomic E-state index is 0.0689. The van der Waals surface area contributed by atoms with E-state index in [9.17, 15) is 9.59 Å². The van der Waals surface area contributed by atoms with E-state index in [0.29, 0.717) is 50.8 Å². The van der Waals surface area contributed by atoms with E-state index in [-0.39, 0.29) is 11.6 Å². The van der Waals surface area contributed by atoms with E-state index in [1.165, 1.54) is 12.8 Å². The number of urea groups is 1. The number of rotatable bonds is 2. The molecule has 2 aliphatic heterocycles. The minimum Gasteiger partial charge on any atom is -0.378 e. The first-order chi connectivity index (χ1) is 14.7. The van der Waals surface area contributed by atoms with Crippen LogP contribution < -0.4 is 10.5 Å². The van der Waals surface area contributed by atoms with E-state index >= 15 is 0 Å². The maximum absolute atomic E-state index is 12.9. The number of piperazine rings is 1. The third-order valence-corrected chi connectivity index (χ3v) is 6.68. The van der Waals surface area contributed by atoms with Crippen LogP contribution in [-0.4, -0.2) is 77.9 Å². The number of anilines is 1. The molecule has 0 spiro atoms. The highest BCUT2D eigenvalue weighted by Gasteiger charge is 2.27. The molecule has 1 aliphatic carbocycles. The second-order valence-electron chi connectivity index (χ2n) is 8.45. The van der Waals surface area contributed by atoms with Crippen LogP contribution in [0.2, 0.25) is 0 Å². The van der Waals surface area contributed by atoms with E-state index in [1.807, 2.05) is 32.6 Å². The molecule has 5 rings (SSSR count). The van der Waals surface area contributed by atoms with Gasteiger partial charge in [-0.2, -0.15) is 0 Å². The number of hydrogen-bond acceptors (Lipinski definition) is 5. The van der Waals surface area contributed by atoms with Gasteiger partial charge < -0.3 is 19.4 Å². The smallest absolute Gasteiger partial charge is 0.320 e. The van der Waals surface area contributed by atoms with Crippen molar-refractivity contribution >= 4 is 22.6 Å². The highest BCUT2D eigenvalue weighted by atomic mass is 16.5. The molecule has 0 unspecified atom stereocenters. The molecule has 2 saturated heterocycles. The number of nitrogens with zero attached hydrogens (tertiary/aromatic N) is 5. The first-order valence-corrected chi connectivity index (χ1v) is 11.1. The van der Waals surface area contributed by atoms with Crippen LogP contribution in [0.15, 0.2) is 29.3 Å². The third-order valence-electron chi connectivity index (χ3n) is 6.68. The second kappa shape index (κ2) is 8.26. The molecule has 1 aromatic heterocycles. The number of hydrogen-bond donors (Lipinski definition) is 0. The zero-order chi connectivity index (χ0) is 20.5. The van der Waals surface area contributed by atoms with E-state index in [1.54, 1.807) is 6.33 Å². The Balaban J connectivity index is 1.28.